The van der Waals surface area contributed by atoms with Crippen molar-refractivity contribution in [2.75, 3.05) is 39.8 Å². The van der Waals surface area contributed by atoms with E-state index in [1.807, 2.05) is 7.05 Å². The van der Waals surface area contributed by atoms with Crippen LogP contribution in [0.25, 0.3) is 0 Å². The van der Waals surface area contributed by atoms with Gasteiger partial charge in [0, 0.05) is 13.1 Å². The Hall–Kier alpha value is -0.320. The number of likely N-dealkylation sites (tertiary alicyclic amines) is 1. The van der Waals surface area contributed by atoms with Gasteiger partial charge in [-0.25, -0.2) is 0 Å². The molecule has 0 aliphatic carbocycles. The van der Waals surface area contributed by atoms with Crippen molar-refractivity contribution in [3.05, 3.63) is 0 Å². The van der Waals surface area contributed by atoms with E-state index in [-0.39, 0.29) is 18.3 Å². The molecule has 0 radical (unpaired) electrons. The summed E-state index contributed by atoms with van der Waals surface area (Å²) in [5, 5.41) is 6.20. The van der Waals surface area contributed by atoms with Gasteiger partial charge in [0.2, 0.25) is 5.91 Å². The van der Waals surface area contributed by atoms with E-state index in [0.29, 0.717) is 18.4 Å². The van der Waals surface area contributed by atoms with Gasteiger partial charge in [0.05, 0.1) is 6.54 Å². The maximum absolute atomic E-state index is 11.7. The van der Waals surface area contributed by atoms with Crippen LogP contribution in [0.4, 0.5) is 0 Å². The van der Waals surface area contributed by atoms with Gasteiger partial charge >= 0.3 is 0 Å². The van der Waals surface area contributed by atoms with Crippen LogP contribution < -0.4 is 10.6 Å². The summed E-state index contributed by atoms with van der Waals surface area (Å²) in [5.41, 5.74) is 0. The molecule has 1 fully saturated rings. The Kier molecular flexibility index (Phi) is 9.42. The highest BCUT2D eigenvalue weighted by atomic mass is 35.5. The first kappa shape index (κ1) is 17.7. The predicted molar refractivity (Wildman–Crippen MR) is 78.2 cm³/mol. The van der Waals surface area contributed by atoms with E-state index in [9.17, 15) is 4.79 Å². The Morgan fingerprint density at radius 3 is 2.78 bits per heavy atom. The van der Waals surface area contributed by atoms with Crippen molar-refractivity contribution in [1.29, 1.82) is 0 Å². The molecule has 18 heavy (non-hydrogen) atoms. The first-order chi connectivity index (χ1) is 8.11. The molecule has 1 atom stereocenters. The number of nitrogens with zero attached hydrogens (tertiary/aromatic N) is 1. The molecule has 5 heteroatoms. The summed E-state index contributed by atoms with van der Waals surface area (Å²) in [6.45, 7) is 8.75. The zero-order chi connectivity index (χ0) is 12.7. The molecule has 108 valence electrons. The fourth-order valence-electron chi connectivity index (χ4n) is 2.33. The predicted octanol–water partition coefficient (Wildman–Crippen LogP) is 1.11. The first-order valence-corrected chi connectivity index (χ1v) is 6.75. The molecule has 0 spiro atoms. The van der Waals surface area contributed by atoms with Crippen molar-refractivity contribution in [2.24, 2.45) is 11.8 Å². The summed E-state index contributed by atoms with van der Waals surface area (Å²) >= 11 is 0. The fourth-order valence-corrected chi connectivity index (χ4v) is 2.33. The summed E-state index contributed by atoms with van der Waals surface area (Å²) in [6, 6.07) is 0. The Balaban J connectivity index is 0.00000289. The van der Waals surface area contributed by atoms with E-state index >= 15 is 0 Å². The minimum atomic E-state index is 0. The van der Waals surface area contributed by atoms with E-state index in [2.05, 4.69) is 29.4 Å². The van der Waals surface area contributed by atoms with Crippen molar-refractivity contribution in [1.82, 2.24) is 15.5 Å². The third-order valence-electron chi connectivity index (χ3n) is 3.17. The average Bonchev–Trinajstić information content (AvgIpc) is 2.27. The van der Waals surface area contributed by atoms with Crippen LogP contribution in [0.15, 0.2) is 0 Å². The second-order valence-corrected chi connectivity index (χ2v) is 5.50. The molecule has 1 aliphatic rings. The van der Waals surface area contributed by atoms with Gasteiger partial charge in [0.25, 0.3) is 0 Å². The third-order valence-corrected chi connectivity index (χ3v) is 3.17. The van der Waals surface area contributed by atoms with Crippen LogP contribution in [-0.4, -0.2) is 50.6 Å². The lowest BCUT2D eigenvalue weighted by atomic mass is 9.98. The van der Waals surface area contributed by atoms with Crippen LogP contribution in [0, 0.1) is 11.8 Å². The fraction of sp³-hybridized carbons (Fsp3) is 0.923. The lowest BCUT2D eigenvalue weighted by Gasteiger charge is -2.32. The maximum atomic E-state index is 11.7. The van der Waals surface area contributed by atoms with Crippen molar-refractivity contribution in [3.63, 3.8) is 0 Å². The Bertz CT molecular complexity index is 234. The number of hydrogen-bond acceptors (Lipinski definition) is 3. The number of carbonyl (C=O) groups excluding carboxylic acids is 1. The number of carbonyl (C=O) groups is 1. The van der Waals surface area contributed by atoms with Crippen LogP contribution in [0.1, 0.15) is 26.7 Å². The lowest BCUT2D eigenvalue weighted by molar-refractivity contribution is -0.122. The molecule has 0 aromatic rings. The quantitative estimate of drug-likeness (QED) is 0.765. The van der Waals surface area contributed by atoms with E-state index < -0.39 is 0 Å². The number of nitrogens with one attached hydrogen (secondary N) is 2. The van der Waals surface area contributed by atoms with Crippen molar-refractivity contribution < 1.29 is 4.79 Å². The summed E-state index contributed by atoms with van der Waals surface area (Å²) in [7, 11) is 1.99. The van der Waals surface area contributed by atoms with Gasteiger partial charge in [0.15, 0.2) is 0 Å². The SMILES string of the molecule is CNCC1CCCN(CC(=O)NCC(C)C)C1.Cl. The minimum absolute atomic E-state index is 0. The molecule has 0 aromatic carbocycles. The van der Waals surface area contributed by atoms with Crippen LogP contribution in [0.2, 0.25) is 0 Å². The molecule has 0 saturated carbocycles. The molecule has 1 heterocycles. The van der Waals surface area contributed by atoms with Crippen LogP contribution in [0.5, 0.6) is 0 Å². The number of piperidine rings is 1. The molecular weight excluding hydrogens is 250 g/mol. The summed E-state index contributed by atoms with van der Waals surface area (Å²) in [4.78, 5) is 14.0. The Morgan fingerprint density at radius 1 is 1.44 bits per heavy atom. The highest BCUT2D eigenvalue weighted by Crippen LogP contribution is 2.15. The molecule has 1 aliphatic heterocycles. The zero-order valence-corrected chi connectivity index (χ0v) is 12.7. The molecule has 0 bridgehead atoms. The smallest absolute Gasteiger partial charge is 0.234 e. The maximum Gasteiger partial charge on any atom is 0.234 e. The van der Waals surface area contributed by atoms with Gasteiger partial charge in [-0.15, -0.1) is 12.4 Å². The second-order valence-electron chi connectivity index (χ2n) is 5.50. The lowest BCUT2D eigenvalue weighted by Crippen LogP contribution is -2.44. The number of rotatable bonds is 6. The number of hydrogen-bond donors (Lipinski definition) is 2. The molecule has 2 N–H and O–H groups in total. The van der Waals surface area contributed by atoms with Crippen molar-refractivity contribution >= 4 is 18.3 Å². The minimum Gasteiger partial charge on any atom is -0.355 e. The number of halogens is 1. The molecule has 1 amide bonds. The van der Waals surface area contributed by atoms with E-state index in [4.69, 9.17) is 0 Å². The van der Waals surface area contributed by atoms with Gasteiger partial charge in [-0.1, -0.05) is 13.8 Å². The van der Waals surface area contributed by atoms with Crippen molar-refractivity contribution in [3.8, 4) is 0 Å². The molecular formula is C13H28ClN3O. The van der Waals surface area contributed by atoms with Crippen LogP contribution >= 0.6 is 12.4 Å². The monoisotopic (exact) mass is 277 g/mol. The average molecular weight is 278 g/mol. The van der Waals surface area contributed by atoms with Gasteiger partial charge in [-0.3, -0.25) is 9.69 Å². The molecule has 1 rings (SSSR count). The summed E-state index contributed by atoms with van der Waals surface area (Å²) < 4.78 is 0. The van der Waals surface area contributed by atoms with Gasteiger partial charge in [-0.2, -0.15) is 0 Å². The highest BCUT2D eigenvalue weighted by molar-refractivity contribution is 5.85. The third kappa shape index (κ3) is 7.19. The molecule has 4 nitrogen and oxygen atoms in total. The van der Waals surface area contributed by atoms with Crippen molar-refractivity contribution in [2.45, 2.75) is 26.7 Å². The van der Waals surface area contributed by atoms with Gasteiger partial charge in [-0.05, 0) is 44.8 Å². The van der Waals surface area contributed by atoms with Crippen LogP contribution in [-0.2, 0) is 4.79 Å². The molecule has 1 unspecified atom stereocenters. The highest BCUT2D eigenvalue weighted by Gasteiger charge is 2.20. The number of amides is 1. The summed E-state index contributed by atoms with van der Waals surface area (Å²) in [5.74, 6) is 1.40. The van der Waals surface area contributed by atoms with E-state index in [0.717, 1.165) is 26.2 Å². The molecule has 1 saturated heterocycles. The topological polar surface area (TPSA) is 44.4 Å². The van der Waals surface area contributed by atoms with E-state index in [1.165, 1.54) is 12.8 Å². The standard InChI is InChI=1S/C13H27N3O.ClH/c1-11(2)7-15-13(17)10-16-6-4-5-12(9-16)8-14-3;/h11-12,14H,4-10H2,1-3H3,(H,15,17);1H. The Morgan fingerprint density at radius 2 is 2.17 bits per heavy atom. The first-order valence-electron chi connectivity index (χ1n) is 6.75. The molecule has 0 aromatic heterocycles. The van der Waals surface area contributed by atoms with E-state index in [1.54, 1.807) is 0 Å². The zero-order valence-electron chi connectivity index (χ0n) is 11.9. The van der Waals surface area contributed by atoms with Gasteiger partial charge < -0.3 is 10.6 Å². The van der Waals surface area contributed by atoms with Crippen LogP contribution in [0.3, 0.4) is 0 Å². The second kappa shape index (κ2) is 9.59. The van der Waals surface area contributed by atoms with Gasteiger partial charge in [0.1, 0.15) is 0 Å². The Labute approximate surface area is 117 Å². The normalized spacial score (nSPS) is 20.6. The summed E-state index contributed by atoms with van der Waals surface area (Å²) in [6.07, 6.45) is 2.49. The largest absolute Gasteiger partial charge is 0.355 e.